The van der Waals surface area contributed by atoms with Crippen LogP contribution in [0.4, 0.5) is 32.2 Å². The molecule has 0 radical (unpaired) electrons. The zero-order valence-electron chi connectivity index (χ0n) is 12.8. The lowest BCUT2D eigenvalue weighted by molar-refractivity contribution is -0.138. The molecule has 0 aliphatic heterocycles. The molecule has 0 fully saturated rings. The van der Waals surface area contributed by atoms with Gasteiger partial charge in [-0.1, -0.05) is 23.8 Å². The summed E-state index contributed by atoms with van der Waals surface area (Å²) in [5.74, 6) is -5.10. The van der Waals surface area contributed by atoms with Gasteiger partial charge in [0.2, 0.25) is 0 Å². The molecule has 140 valence electrons. The summed E-state index contributed by atoms with van der Waals surface area (Å²) in [5.41, 5.74) is 3.81. The Labute approximate surface area is 153 Å². The average molecular weight is 415 g/mol. The third kappa shape index (κ3) is 4.15. The van der Waals surface area contributed by atoms with E-state index >= 15 is 0 Å². The molecular formula is C14H9ClF6N4S. The molecule has 0 spiro atoms. The maximum atomic E-state index is 14.1. The van der Waals surface area contributed by atoms with Crippen LogP contribution in [0.25, 0.3) is 11.1 Å². The van der Waals surface area contributed by atoms with E-state index in [1.54, 1.807) is 0 Å². The van der Waals surface area contributed by atoms with Crippen molar-refractivity contribution in [3.05, 3.63) is 40.6 Å². The fraction of sp³-hybridized carbons (Fsp3) is 0.214. The minimum absolute atomic E-state index is 0.340. The monoisotopic (exact) mass is 414 g/mol. The molecule has 0 bridgehead atoms. The maximum absolute atomic E-state index is 14.1. The summed E-state index contributed by atoms with van der Waals surface area (Å²) < 4.78 is 79.9. The Hall–Kier alpha value is -2.14. The van der Waals surface area contributed by atoms with Crippen molar-refractivity contribution in [2.75, 3.05) is 5.32 Å². The van der Waals surface area contributed by atoms with Crippen LogP contribution in [0.3, 0.4) is 0 Å². The van der Waals surface area contributed by atoms with Crippen molar-refractivity contribution in [1.82, 2.24) is 9.97 Å². The van der Waals surface area contributed by atoms with E-state index in [4.69, 9.17) is 17.3 Å². The predicted molar refractivity (Wildman–Crippen MR) is 87.4 cm³/mol. The van der Waals surface area contributed by atoms with Gasteiger partial charge < -0.3 is 11.1 Å². The number of aromatic nitrogens is 2. The van der Waals surface area contributed by atoms with Gasteiger partial charge >= 0.3 is 6.18 Å². The quantitative estimate of drug-likeness (QED) is 0.446. The maximum Gasteiger partial charge on any atom is 0.408 e. The fourth-order valence-electron chi connectivity index (χ4n) is 1.94. The van der Waals surface area contributed by atoms with Gasteiger partial charge in [0.25, 0.3) is 0 Å². The number of benzene rings is 1. The second-order valence-corrected chi connectivity index (χ2v) is 5.88. The second kappa shape index (κ2) is 7.23. The first kappa shape index (κ1) is 20.2. The van der Waals surface area contributed by atoms with E-state index in [9.17, 15) is 26.3 Å². The topological polar surface area (TPSA) is 63.8 Å². The van der Waals surface area contributed by atoms with Crippen LogP contribution in [-0.4, -0.2) is 27.2 Å². The van der Waals surface area contributed by atoms with Gasteiger partial charge in [-0.05, 0) is 6.92 Å². The second-order valence-electron chi connectivity index (χ2n) is 5.08. The van der Waals surface area contributed by atoms with Gasteiger partial charge in [0.15, 0.2) is 5.82 Å². The van der Waals surface area contributed by atoms with Crippen molar-refractivity contribution in [1.29, 1.82) is 0 Å². The first-order chi connectivity index (χ1) is 11.9. The summed E-state index contributed by atoms with van der Waals surface area (Å²) in [6, 6.07) is -1.49. The lowest BCUT2D eigenvalue weighted by atomic mass is 10.1. The average Bonchev–Trinajstić information content (AvgIpc) is 2.47. The zero-order chi connectivity index (χ0) is 19.8. The van der Waals surface area contributed by atoms with E-state index in [-0.39, 0.29) is 0 Å². The molecular weight excluding hydrogens is 406 g/mol. The molecule has 1 aromatic heterocycles. The summed E-state index contributed by atoms with van der Waals surface area (Å²) in [7, 11) is 0. The summed E-state index contributed by atoms with van der Waals surface area (Å²) in [5, 5.41) is 1.33. The van der Waals surface area contributed by atoms with Crippen molar-refractivity contribution in [3.8, 4) is 11.1 Å². The molecule has 3 N–H and O–H groups in total. The highest BCUT2D eigenvalue weighted by Crippen LogP contribution is 2.37. The molecule has 1 atom stereocenters. The number of nitrogens with zero attached hydrogens (tertiary/aromatic N) is 2. The van der Waals surface area contributed by atoms with Gasteiger partial charge in [-0.3, -0.25) is 0 Å². The lowest BCUT2D eigenvalue weighted by Crippen LogP contribution is -2.34. The van der Waals surface area contributed by atoms with Gasteiger partial charge in [-0.25, -0.2) is 23.1 Å². The number of hydrogen-bond acceptors (Lipinski definition) is 4. The highest BCUT2D eigenvalue weighted by atomic mass is 35.5. The molecule has 0 saturated heterocycles. The Morgan fingerprint density at radius 1 is 1.15 bits per heavy atom. The predicted octanol–water partition coefficient (Wildman–Crippen LogP) is 4.21. The van der Waals surface area contributed by atoms with Crippen LogP contribution in [0.15, 0.2) is 12.1 Å². The number of rotatable bonds is 4. The van der Waals surface area contributed by atoms with E-state index < -0.39 is 62.6 Å². The van der Waals surface area contributed by atoms with Crippen LogP contribution in [0.5, 0.6) is 0 Å². The minimum Gasteiger partial charge on any atom is -0.387 e. The van der Waals surface area contributed by atoms with Gasteiger partial charge in [0, 0.05) is 12.1 Å². The molecule has 0 aliphatic rings. The number of hydrogen-bond donors (Lipinski definition) is 2. The van der Waals surface area contributed by atoms with E-state index in [1.807, 2.05) is 5.32 Å². The number of nitrogens with one attached hydrogen (secondary N) is 1. The van der Waals surface area contributed by atoms with Crippen LogP contribution >= 0.6 is 23.8 Å². The number of alkyl halides is 3. The van der Waals surface area contributed by atoms with Crippen molar-refractivity contribution in [2.24, 2.45) is 5.73 Å². The largest absolute Gasteiger partial charge is 0.408 e. The molecule has 0 saturated carbocycles. The number of anilines is 1. The molecule has 0 amide bonds. The summed E-state index contributed by atoms with van der Waals surface area (Å²) in [6.45, 7) is 0.748. The van der Waals surface area contributed by atoms with Crippen molar-refractivity contribution in [3.63, 3.8) is 0 Å². The lowest BCUT2D eigenvalue weighted by Gasteiger charge is -2.21. The van der Waals surface area contributed by atoms with Crippen LogP contribution in [0.2, 0.25) is 5.15 Å². The molecule has 2 rings (SSSR count). The van der Waals surface area contributed by atoms with E-state index in [0.717, 1.165) is 6.92 Å². The Kier molecular flexibility index (Phi) is 5.61. The SMILES string of the molecule is CC(Nc1nc(C(N)=S)nc(Cl)c1-c1c(F)cc(F)cc1F)C(F)(F)F. The zero-order valence-corrected chi connectivity index (χ0v) is 14.3. The van der Waals surface area contributed by atoms with Crippen LogP contribution < -0.4 is 11.1 Å². The van der Waals surface area contributed by atoms with E-state index in [0.29, 0.717) is 12.1 Å². The molecule has 1 unspecified atom stereocenters. The standard InChI is InChI=1S/C14H9ClF6N4S/c1-4(14(19,20)21)23-12-9(10(15)24-13(25-12)11(22)26)8-6(17)2-5(16)3-7(8)18/h2-4H,1H3,(H2,22,26)(H,23,24,25). The molecule has 26 heavy (non-hydrogen) atoms. The first-order valence-electron chi connectivity index (χ1n) is 6.77. The third-order valence-corrected chi connectivity index (χ3v) is 3.64. The van der Waals surface area contributed by atoms with Crippen LogP contribution in [0.1, 0.15) is 12.7 Å². The van der Waals surface area contributed by atoms with Crippen LogP contribution in [0, 0.1) is 17.5 Å². The minimum atomic E-state index is -4.71. The number of nitrogens with two attached hydrogens (primary N) is 1. The number of halogens is 7. The molecule has 1 aromatic carbocycles. The molecule has 1 heterocycles. The van der Waals surface area contributed by atoms with Gasteiger partial charge in [0.1, 0.15) is 39.5 Å². The summed E-state index contributed by atoms with van der Waals surface area (Å²) in [6.07, 6.45) is -4.71. The Morgan fingerprint density at radius 3 is 2.15 bits per heavy atom. The summed E-state index contributed by atoms with van der Waals surface area (Å²) in [4.78, 5) is 6.89. The summed E-state index contributed by atoms with van der Waals surface area (Å²) >= 11 is 10.5. The number of thiocarbonyl (C=S) groups is 1. The smallest absolute Gasteiger partial charge is 0.387 e. The Balaban J connectivity index is 2.75. The van der Waals surface area contributed by atoms with E-state index in [2.05, 4.69) is 22.2 Å². The molecule has 2 aromatic rings. The van der Waals surface area contributed by atoms with Gasteiger partial charge in [-0.2, -0.15) is 13.2 Å². The Morgan fingerprint density at radius 2 is 1.69 bits per heavy atom. The molecule has 0 aliphatic carbocycles. The third-order valence-electron chi connectivity index (χ3n) is 3.19. The molecule has 12 heteroatoms. The van der Waals surface area contributed by atoms with Gasteiger partial charge in [0.05, 0.1) is 11.1 Å². The highest BCUT2D eigenvalue weighted by Gasteiger charge is 2.37. The highest BCUT2D eigenvalue weighted by molar-refractivity contribution is 7.80. The molecule has 4 nitrogen and oxygen atoms in total. The van der Waals surface area contributed by atoms with Crippen molar-refractivity contribution < 1.29 is 26.3 Å². The van der Waals surface area contributed by atoms with Crippen molar-refractivity contribution >= 4 is 34.6 Å². The normalized spacial score (nSPS) is 12.8. The first-order valence-corrected chi connectivity index (χ1v) is 7.56. The van der Waals surface area contributed by atoms with E-state index in [1.165, 1.54) is 0 Å². The van der Waals surface area contributed by atoms with Crippen molar-refractivity contribution in [2.45, 2.75) is 19.1 Å². The fourth-order valence-corrected chi connectivity index (χ4v) is 2.29. The van der Waals surface area contributed by atoms with Gasteiger partial charge in [-0.15, -0.1) is 0 Å². The Bertz CT molecular complexity index is 850. The van der Waals surface area contributed by atoms with Crippen LogP contribution in [-0.2, 0) is 0 Å².